The lowest BCUT2D eigenvalue weighted by atomic mass is 9.88. The number of hydrogen-bond acceptors (Lipinski definition) is 3. The molecule has 0 amide bonds. The lowest BCUT2D eigenvalue weighted by Gasteiger charge is -2.33. The Morgan fingerprint density at radius 3 is 2.40 bits per heavy atom. The van der Waals surface area contributed by atoms with E-state index in [1.165, 1.54) is 32.4 Å². The van der Waals surface area contributed by atoms with Crippen LogP contribution < -0.4 is 4.74 Å². The summed E-state index contributed by atoms with van der Waals surface area (Å²) >= 11 is 0. The molecule has 1 heterocycles. The van der Waals surface area contributed by atoms with Gasteiger partial charge >= 0.3 is 0 Å². The summed E-state index contributed by atoms with van der Waals surface area (Å²) in [4.78, 5) is 2.41. The highest BCUT2D eigenvalue weighted by Crippen LogP contribution is 2.34. The van der Waals surface area contributed by atoms with Gasteiger partial charge in [0, 0.05) is 12.5 Å². The number of piperidine rings is 1. The maximum absolute atomic E-state index is 14.1. The molecule has 1 aliphatic heterocycles. The van der Waals surface area contributed by atoms with Gasteiger partial charge in [-0.3, -0.25) is 0 Å². The van der Waals surface area contributed by atoms with Crippen LogP contribution in [0, 0.1) is 5.82 Å². The summed E-state index contributed by atoms with van der Waals surface area (Å²) in [6, 6.07) is 14.7. The number of halogens is 1. The van der Waals surface area contributed by atoms with Crippen molar-refractivity contribution in [2.24, 2.45) is 0 Å². The number of rotatable bonds is 6. The Bertz CT molecular complexity index is 671. The van der Waals surface area contributed by atoms with Gasteiger partial charge in [-0.1, -0.05) is 42.8 Å². The zero-order chi connectivity index (χ0) is 17.6. The first-order chi connectivity index (χ1) is 12.2. The van der Waals surface area contributed by atoms with Crippen molar-refractivity contribution in [3.8, 4) is 5.75 Å². The first-order valence-electron chi connectivity index (χ1n) is 8.98. The van der Waals surface area contributed by atoms with E-state index in [4.69, 9.17) is 4.74 Å². The third kappa shape index (κ3) is 4.39. The van der Waals surface area contributed by atoms with E-state index in [0.717, 1.165) is 25.2 Å². The first-order valence-corrected chi connectivity index (χ1v) is 8.98. The maximum atomic E-state index is 14.1. The van der Waals surface area contributed by atoms with Crippen LogP contribution in [0.2, 0.25) is 0 Å². The van der Waals surface area contributed by atoms with Crippen LogP contribution >= 0.6 is 0 Å². The fourth-order valence-corrected chi connectivity index (χ4v) is 3.61. The number of benzene rings is 2. The summed E-state index contributed by atoms with van der Waals surface area (Å²) in [6.07, 6.45) is 2.92. The molecule has 0 aromatic heterocycles. The second-order valence-corrected chi connectivity index (χ2v) is 6.72. The molecule has 25 heavy (non-hydrogen) atoms. The zero-order valence-electron chi connectivity index (χ0n) is 14.7. The Morgan fingerprint density at radius 1 is 1.04 bits per heavy atom. The minimum atomic E-state index is -0.760. The second-order valence-electron chi connectivity index (χ2n) is 6.72. The standard InChI is InChI=1S/C21H26FNO2/c1-25-20-11-10-17(14-19(20)22)21(24)18(16-8-4-2-5-9-16)15-23-12-6-3-7-13-23/h2,4-5,8-11,14,18,21,24H,3,6-7,12-13,15H2,1H3/t18-,21-/m0/s1. The summed E-state index contributed by atoms with van der Waals surface area (Å²) < 4.78 is 19.1. The van der Waals surface area contributed by atoms with Crippen molar-refractivity contribution in [3.63, 3.8) is 0 Å². The SMILES string of the molecule is COc1ccc([C@H](O)[C@@H](CN2CCCCC2)c2ccccc2)cc1F. The maximum Gasteiger partial charge on any atom is 0.165 e. The van der Waals surface area contributed by atoms with Crippen LogP contribution in [0.3, 0.4) is 0 Å². The first kappa shape index (κ1) is 17.9. The van der Waals surface area contributed by atoms with Gasteiger partial charge in [-0.15, -0.1) is 0 Å². The molecule has 4 heteroatoms. The molecule has 0 bridgehead atoms. The molecule has 1 saturated heterocycles. The van der Waals surface area contributed by atoms with E-state index in [1.807, 2.05) is 30.3 Å². The average Bonchev–Trinajstić information content (AvgIpc) is 2.67. The average molecular weight is 343 g/mol. The summed E-state index contributed by atoms with van der Waals surface area (Å²) in [6.45, 7) is 2.90. The van der Waals surface area contributed by atoms with Crippen LogP contribution in [0.5, 0.6) is 5.75 Å². The highest BCUT2D eigenvalue weighted by molar-refractivity contribution is 5.33. The number of ether oxygens (including phenoxy) is 1. The van der Waals surface area contributed by atoms with E-state index in [9.17, 15) is 9.50 Å². The Kier molecular flexibility index (Phi) is 6.05. The van der Waals surface area contributed by atoms with Crippen molar-refractivity contribution in [2.75, 3.05) is 26.7 Å². The molecule has 1 N–H and O–H groups in total. The van der Waals surface area contributed by atoms with Gasteiger partial charge in [0.1, 0.15) is 0 Å². The van der Waals surface area contributed by atoms with Crippen LogP contribution in [0.1, 0.15) is 42.4 Å². The molecule has 2 aromatic rings. The second kappa shape index (κ2) is 8.45. The quantitative estimate of drug-likeness (QED) is 0.856. The summed E-state index contributed by atoms with van der Waals surface area (Å²) in [5.41, 5.74) is 1.67. The molecule has 2 aromatic carbocycles. The molecular weight excluding hydrogens is 317 g/mol. The molecule has 0 spiro atoms. The van der Waals surface area contributed by atoms with Crippen molar-refractivity contribution < 1.29 is 14.2 Å². The largest absolute Gasteiger partial charge is 0.494 e. The number of nitrogens with zero attached hydrogens (tertiary/aromatic N) is 1. The number of aliphatic hydroxyl groups is 1. The van der Waals surface area contributed by atoms with E-state index < -0.39 is 11.9 Å². The minimum absolute atomic E-state index is 0.0907. The van der Waals surface area contributed by atoms with Gasteiger partial charge in [0.25, 0.3) is 0 Å². The van der Waals surface area contributed by atoms with Crippen LogP contribution in [-0.2, 0) is 0 Å². The van der Waals surface area contributed by atoms with Crippen molar-refractivity contribution in [2.45, 2.75) is 31.3 Å². The molecule has 0 unspecified atom stereocenters. The Balaban J connectivity index is 1.86. The van der Waals surface area contributed by atoms with Crippen LogP contribution in [-0.4, -0.2) is 36.8 Å². The third-order valence-corrected chi connectivity index (χ3v) is 5.03. The number of aliphatic hydroxyl groups excluding tert-OH is 1. The van der Waals surface area contributed by atoms with Crippen molar-refractivity contribution >= 4 is 0 Å². The molecule has 0 radical (unpaired) electrons. The highest BCUT2D eigenvalue weighted by Gasteiger charge is 2.26. The van der Waals surface area contributed by atoms with Gasteiger partial charge < -0.3 is 14.7 Å². The van der Waals surface area contributed by atoms with Crippen LogP contribution in [0.25, 0.3) is 0 Å². The predicted octanol–water partition coefficient (Wildman–Crippen LogP) is 4.14. The molecule has 0 aliphatic carbocycles. The zero-order valence-corrected chi connectivity index (χ0v) is 14.7. The monoisotopic (exact) mass is 343 g/mol. The molecule has 0 saturated carbocycles. The van der Waals surface area contributed by atoms with Crippen molar-refractivity contribution in [1.82, 2.24) is 4.90 Å². The van der Waals surface area contributed by atoms with Gasteiger partial charge in [-0.2, -0.15) is 0 Å². The Hall–Kier alpha value is -1.91. The molecule has 3 nitrogen and oxygen atoms in total. The lowest BCUT2D eigenvalue weighted by molar-refractivity contribution is 0.109. The molecule has 2 atom stereocenters. The van der Waals surface area contributed by atoms with E-state index in [-0.39, 0.29) is 11.7 Å². The minimum Gasteiger partial charge on any atom is -0.494 e. The number of likely N-dealkylation sites (tertiary alicyclic amines) is 1. The highest BCUT2D eigenvalue weighted by atomic mass is 19.1. The molecular formula is C21H26FNO2. The smallest absolute Gasteiger partial charge is 0.165 e. The fourth-order valence-electron chi connectivity index (χ4n) is 3.61. The lowest BCUT2D eigenvalue weighted by Crippen LogP contribution is -2.35. The molecule has 1 fully saturated rings. The summed E-state index contributed by atoms with van der Waals surface area (Å²) in [5.74, 6) is -0.334. The predicted molar refractivity (Wildman–Crippen MR) is 97.4 cm³/mol. The van der Waals surface area contributed by atoms with Gasteiger partial charge in [0.15, 0.2) is 11.6 Å². The summed E-state index contributed by atoms with van der Waals surface area (Å²) in [7, 11) is 1.44. The van der Waals surface area contributed by atoms with Gasteiger partial charge in [0.2, 0.25) is 0 Å². The Morgan fingerprint density at radius 2 is 1.76 bits per heavy atom. The van der Waals surface area contributed by atoms with Crippen molar-refractivity contribution in [3.05, 3.63) is 65.5 Å². The summed E-state index contributed by atoms with van der Waals surface area (Å²) in [5, 5.41) is 11.0. The van der Waals surface area contributed by atoms with Gasteiger partial charge in [0.05, 0.1) is 13.2 Å². The van der Waals surface area contributed by atoms with E-state index >= 15 is 0 Å². The third-order valence-electron chi connectivity index (χ3n) is 5.03. The molecule has 1 aliphatic rings. The van der Waals surface area contributed by atoms with Crippen LogP contribution in [0.4, 0.5) is 4.39 Å². The van der Waals surface area contributed by atoms with E-state index in [1.54, 1.807) is 12.1 Å². The normalized spacial score (nSPS) is 17.9. The molecule has 3 rings (SSSR count). The Labute approximate surface area is 149 Å². The van der Waals surface area contributed by atoms with Gasteiger partial charge in [-0.05, 0) is 49.2 Å². The molecule has 134 valence electrons. The van der Waals surface area contributed by atoms with Crippen molar-refractivity contribution in [1.29, 1.82) is 0 Å². The topological polar surface area (TPSA) is 32.7 Å². The van der Waals surface area contributed by atoms with Gasteiger partial charge in [-0.25, -0.2) is 4.39 Å². The fraction of sp³-hybridized carbons (Fsp3) is 0.429. The number of methoxy groups -OCH3 is 1. The van der Waals surface area contributed by atoms with Crippen LogP contribution in [0.15, 0.2) is 48.5 Å². The van der Waals surface area contributed by atoms with E-state index in [0.29, 0.717) is 5.56 Å². The number of hydrogen-bond donors (Lipinski definition) is 1. The van der Waals surface area contributed by atoms with E-state index in [2.05, 4.69) is 4.90 Å².